The summed E-state index contributed by atoms with van der Waals surface area (Å²) in [5, 5.41) is 10.3. The van der Waals surface area contributed by atoms with Crippen molar-refractivity contribution in [2.24, 2.45) is 0 Å². The maximum Gasteiger partial charge on any atom is 0.265 e. The number of nitrogens with zero attached hydrogens (tertiary/aromatic N) is 3. The summed E-state index contributed by atoms with van der Waals surface area (Å²) in [5.74, 6) is 0.151. The van der Waals surface area contributed by atoms with Gasteiger partial charge < -0.3 is 0 Å². The molecule has 1 unspecified atom stereocenters. The number of halogens is 3. The summed E-state index contributed by atoms with van der Waals surface area (Å²) < 4.78 is 45.0. The third kappa shape index (κ3) is 4.03. The number of sulfonamides is 1. The fourth-order valence-electron chi connectivity index (χ4n) is 4.65. The van der Waals surface area contributed by atoms with Crippen molar-refractivity contribution in [2.45, 2.75) is 24.7 Å². The average Bonchev–Trinajstić information content (AvgIpc) is 3.22. The van der Waals surface area contributed by atoms with Crippen LogP contribution >= 0.6 is 23.2 Å². The van der Waals surface area contributed by atoms with Gasteiger partial charge in [-0.1, -0.05) is 59.6 Å². The molecule has 0 N–H and O–H groups in total. The van der Waals surface area contributed by atoms with E-state index >= 15 is 0 Å². The van der Waals surface area contributed by atoms with E-state index in [1.54, 1.807) is 60.7 Å². The molecule has 0 bridgehead atoms. The van der Waals surface area contributed by atoms with E-state index in [-0.39, 0.29) is 28.3 Å². The lowest BCUT2D eigenvalue weighted by Crippen LogP contribution is -2.35. The van der Waals surface area contributed by atoms with E-state index in [4.69, 9.17) is 23.2 Å². The molecule has 0 saturated carbocycles. The first-order chi connectivity index (χ1) is 17.2. The van der Waals surface area contributed by atoms with Gasteiger partial charge in [-0.05, 0) is 47.5 Å². The second kappa shape index (κ2) is 9.25. The zero-order valence-electron chi connectivity index (χ0n) is 18.6. The SMILES string of the molecule is N#CC1=CC(S(=O)(=O)N2c3cccc(=O)n3[C@@H](c3ccc(Cl)cc3)[C@H]2c2ccc(Cl)cc2)=CCC1F. The molecule has 36 heavy (non-hydrogen) atoms. The second-order valence-corrected chi connectivity index (χ2v) is 11.1. The Morgan fingerprint density at radius 3 is 2.08 bits per heavy atom. The van der Waals surface area contributed by atoms with Crippen LogP contribution < -0.4 is 9.86 Å². The molecule has 2 heterocycles. The first-order valence-electron chi connectivity index (χ1n) is 10.9. The van der Waals surface area contributed by atoms with Gasteiger partial charge in [-0.25, -0.2) is 17.1 Å². The highest BCUT2D eigenvalue weighted by molar-refractivity contribution is 7.96. The Balaban J connectivity index is 1.78. The highest BCUT2D eigenvalue weighted by Crippen LogP contribution is 2.49. The number of aromatic nitrogens is 1. The first-order valence-corrected chi connectivity index (χ1v) is 13.1. The van der Waals surface area contributed by atoms with Crippen molar-refractivity contribution in [1.82, 2.24) is 4.57 Å². The molecule has 1 aliphatic heterocycles. The molecule has 6 nitrogen and oxygen atoms in total. The summed E-state index contributed by atoms with van der Waals surface area (Å²) >= 11 is 12.2. The van der Waals surface area contributed by atoms with E-state index in [1.165, 1.54) is 27.1 Å². The summed E-state index contributed by atoms with van der Waals surface area (Å²) in [6.45, 7) is 0. The topological polar surface area (TPSA) is 83.2 Å². The van der Waals surface area contributed by atoms with Gasteiger partial charge in [0.15, 0.2) is 0 Å². The van der Waals surface area contributed by atoms with Crippen LogP contribution in [0.15, 0.2) is 94.2 Å². The standard InChI is InChI=1S/C26H18Cl2FN3O3S/c27-19-8-4-16(5-9-19)25-26(17-6-10-20(28)11-7-17)32(23-2-1-3-24(33)31(23)25)36(34,35)21-12-13-22(29)18(14-21)15-30/h1-12,14,22,25-26H,13H2/t22?,25-,26+/m0/s1. The van der Waals surface area contributed by atoms with Gasteiger partial charge in [-0.3, -0.25) is 9.36 Å². The molecule has 3 aromatic rings. The Hall–Kier alpha value is -3.38. The number of pyridine rings is 1. The minimum absolute atomic E-state index is 0.151. The Morgan fingerprint density at radius 1 is 0.917 bits per heavy atom. The molecule has 182 valence electrons. The lowest BCUT2D eigenvalue weighted by molar-refractivity contribution is 0.389. The first kappa shape index (κ1) is 24.3. The van der Waals surface area contributed by atoms with Gasteiger partial charge in [0.25, 0.3) is 15.6 Å². The summed E-state index contributed by atoms with van der Waals surface area (Å²) in [6, 6.07) is 18.1. The van der Waals surface area contributed by atoms with E-state index in [0.717, 1.165) is 6.08 Å². The highest BCUT2D eigenvalue weighted by Gasteiger charge is 2.47. The van der Waals surface area contributed by atoms with Crippen molar-refractivity contribution in [3.8, 4) is 6.07 Å². The quantitative estimate of drug-likeness (QED) is 0.423. The van der Waals surface area contributed by atoms with E-state index in [1.807, 2.05) is 0 Å². The van der Waals surface area contributed by atoms with E-state index < -0.39 is 28.3 Å². The second-order valence-electron chi connectivity index (χ2n) is 8.41. The minimum Gasteiger partial charge on any atom is -0.284 e. The number of hydrogen-bond donors (Lipinski definition) is 0. The Morgan fingerprint density at radius 2 is 1.50 bits per heavy atom. The predicted octanol–water partition coefficient (Wildman–Crippen LogP) is 5.71. The normalized spacial score (nSPS) is 21.4. The highest BCUT2D eigenvalue weighted by atomic mass is 35.5. The maximum atomic E-state index is 14.2. The Bertz CT molecular complexity index is 1610. The van der Waals surface area contributed by atoms with Crippen LogP contribution in [0.2, 0.25) is 10.0 Å². The van der Waals surface area contributed by atoms with Crippen LogP contribution in [0, 0.1) is 11.3 Å². The molecule has 0 fully saturated rings. The molecule has 0 radical (unpaired) electrons. The van der Waals surface area contributed by atoms with Crippen molar-refractivity contribution >= 4 is 39.0 Å². The van der Waals surface area contributed by atoms with E-state index in [2.05, 4.69) is 0 Å². The van der Waals surface area contributed by atoms with Crippen LogP contribution in [0.3, 0.4) is 0 Å². The Labute approximate surface area is 217 Å². The minimum atomic E-state index is -4.33. The van der Waals surface area contributed by atoms with Crippen molar-refractivity contribution in [3.63, 3.8) is 0 Å². The molecule has 5 rings (SSSR count). The predicted molar refractivity (Wildman–Crippen MR) is 137 cm³/mol. The number of hydrogen-bond acceptors (Lipinski definition) is 4. The molecular formula is C26H18Cl2FN3O3S. The van der Waals surface area contributed by atoms with Crippen LogP contribution in [0.1, 0.15) is 29.6 Å². The average molecular weight is 542 g/mol. The molecule has 0 saturated heterocycles. The fraction of sp³-hybridized carbons (Fsp3) is 0.154. The number of anilines is 1. The summed E-state index contributed by atoms with van der Waals surface area (Å²) in [6.07, 6.45) is 0.510. The zero-order chi connectivity index (χ0) is 25.6. The van der Waals surface area contributed by atoms with E-state index in [9.17, 15) is 22.9 Å². The molecule has 1 aliphatic carbocycles. The van der Waals surface area contributed by atoms with Gasteiger partial charge in [0.1, 0.15) is 12.0 Å². The molecular weight excluding hydrogens is 524 g/mol. The monoisotopic (exact) mass is 541 g/mol. The van der Waals surface area contributed by atoms with Crippen LogP contribution in [-0.4, -0.2) is 19.2 Å². The van der Waals surface area contributed by atoms with Crippen LogP contribution in [0.25, 0.3) is 0 Å². The summed E-state index contributed by atoms with van der Waals surface area (Å²) in [7, 11) is -4.33. The summed E-state index contributed by atoms with van der Waals surface area (Å²) in [4.78, 5) is 13.0. The van der Waals surface area contributed by atoms with E-state index in [0.29, 0.717) is 21.2 Å². The fourth-order valence-corrected chi connectivity index (χ4v) is 6.64. The number of rotatable bonds is 4. The Kier molecular flexibility index (Phi) is 6.25. The van der Waals surface area contributed by atoms with Crippen molar-refractivity contribution in [2.75, 3.05) is 4.31 Å². The molecule has 2 aromatic carbocycles. The van der Waals surface area contributed by atoms with Gasteiger partial charge in [-0.2, -0.15) is 5.26 Å². The molecule has 0 spiro atoms. The third-order valence-electron chi connectivity index (χ3n) is 6.29. The van der Waals surface area contributed by atoms with Gasteiger partial charge in [0.2, 0.25) is 0 Å². The number of alkyl halides is 1. The van der Waals surface area contributed by atoms with Crippen LogP contribution in [0.5, 0.6) is 0 Å². The number of benzene rings is 2. The molecule has 1 aromatic heterocycles. The smallest absolute Gasteiger partial charge is 0.265 e. The van der Waals surface area contributed by atoms with Gasteiger partial charge in [-0.15, -0.1) is 0 Å². The van der Waals surface area contributed by atoms with Crippen molar-refractivity contribution < 1.29 is 12.8 Å². The number of nitriles is 1. The lowest BCUT2D eigenvalue weighted by atomic mass is 9.94. The molecule has 2 aliphatic rings. The zero-order valence-corrected chi connectivity index (χ0v) is 20.9. The number of fused-ring (bicyclic) bond motifs is 1. The van der Waals surface area contributed by atoms with Crippen LogP contribution in [-0.2, 0) is 10.0 Å². The molecule has 3 atom stereocenters. The van der Waals surface area contributed by atoms with Gasteiger partial charge in [0.05, 0.1) is 28.6 Å². The largest absolute Gasteiger partial charge is 0.284 e. The maximum absolute atomic E-state index is 14.2. The molecule has 10 heteroatoms. The van der Waals surface area contributed by atoms with Crippen molar-refractivity contribution in [1.29, 1.82) is 5.26 Å². The third-order valence-corrected chi connectivity index (χ3v) is 8.61. The summed E-state index contributed by atoms with van der Waals surface area (Å²) in [5.41, 5.74) is 0.605. The van der Waals surface area contributed by atoms with Gasteiger partial charge in [0, 0.05) is 22.5 Å². The molecule has 0 amide bonds. The number of allylic oxidation sites excluding steroid dienone is 3. The lowest BCUT2D eigenvalue weighted by Gasteiger charge is -2.30. The van der Waals surface area contributed by atoms with Crippen LogP contribution in [0.4, 0.5) is 10.2 Å². The van der Waals surface area contributed by atoms with Gasteiger partial charge >= 0.3 is 0 Å². The van der Waals surface area contributed by atoms with Crippen molar-refractivity contribution in [3.05, 3.63) is 121 Å².